The Morgan fingerprint density at radius 1 is 1.31 bits per heavy atom. The summed E-state index contributed by atoms with van der Waals surface area (Å²) in [6.45, 7) is 0. The average Bonchev–Trinajstić information content (AvgIpc) is 2.04. The maximum Gasteiger partial charge on any atom is 0.269 e. The van der Waals surface area contributed by atoms with E-state index in [1.807, 2.05) is 0 Å². The molecule has 70 valence electrons. The molecule has 0 fully saturated rings. The summed E-state index contributed by atoms with van der Waals surface area (Å²) in [4.78, 5) is 9.75. The van der Waals surface area contributed by atoms with Gasteiger partial charge in [0, 0.05) is 12.1 Å². The Balaban J connectivity index is 2.75. The molecule has 4 nitrogen and oxygen atoms in total. The molecule has 6 heteroatoms. The van der Waals surface area contributed by atoms with E-state index < -0.39 is 9.95 Å². The molecule has 0 spiro atoms. The molecule has 13 heavy (non-hydrogen) atoms. The van der Waals surface area contributed by atoms with Crippen LogP contribution in [-0.2, 0) is 0 Å². The van der Waals surface area contributed by atoms with Crippen molar-refractivity contribution >= 4 is 28.9 Å². The second kappa shape index (κ2) is 4.30. The predicted molar refractivity (Wildman–Crippen MR) is 49.2 cm³/mol. The number of ether oxygens (including phenoxy) is 1. The fraction of sp³-hybridized carbons (Fsp3) is 0.143. The standard InChI is InChI=1S/C7H5Cl2NO3/c8-7(9)13-6-3-1-5(2-4-6)10(11)12/h1-4,7H. The molecule has 0 bridgehead atoms. The Bertz CT molecular complexity index is 299. The zero-order valence-electron chi connectivity index (χ0n) is 6.31. The van der Waals surface area contributed by atoms with Gasteiger partial charge in [-0.05, 0) is 12.1 Å². The van der Waals surface area contributed by atoms with Gasteiger partial charge < -0.3 is 4.74 Å². The molecule has 0 saturated carbocycles. The highest BCUT2D eigenvalue weighted by molar-refractivity contribution is 6.43. The van der Waals surface area contributed by atoms with Gasteiger partial charge in [0.05, 0.1) is 4.92 Å². The first-order valence-electron chi connectivity index (χ1n) is 3.29. The number of nitrogens with zero attached hydrogens (tertiary/aromatic N) is 1. The molecule has 1 aromatic rings. The van der Waals surface area contributed by atoms with Gasteiger partial charge in [0.1, 0.15) is 5.75 Å². The second-order valence-corrected chi connectivity index (χ2v) is 3.15. The molecule has 1 rings (SSSR count). The van der Waals surface area contributed by atoms with E-state index in [4.69, 9.17) is 27.9 Å². The highest BCUT2D eigenvalue weighted by Crippen LogP contribution is 2.19. The van der Waals surface area contributed by atoms with Gasteiger partial charge in [-0.3, -0.25) is 10.1 Å². The maximum absolute atomic E-state index is 10.2. The van der Waals surface area contributed by atoms with Crippen LogP contribution in [0, 0.1) is 10.1 Å². The molecule has 0 radical (unpaired) electrons. The van der Waals surface area contributed by atoms with Crippen molar-refractivity contribution < 1.29 is 9.66 Å². The van der Waals surface area contributed by atoms with Crippen LogP contribution in [0.15, 0.2) is 24.3 Å². The molecule has 0 unspecified atom stereocenters. The molecule has 0 aromatic heterocycles. The zero-order chi connectivity index (χ0) is 9.84. The Morgan fingerprint density at radius 3 is 2.23 bits per heavy atom. The van der Waals surface area contributed by atoms with Crippen molar-refractivity contribution in [2.75, 3.05) is 0 Å². The van der Waals surface area contributed by atoms with Crippen LogP contribution in [0.5, 0.6) is 5.75 Å². The Kier molecular flexibility index (Phi) is 3.33. The largest absolute Gasteiger partial charge is 0.461 e. The first-order chi connectivity index (χ1) is 6.09. The minimum absolute atomic E-state index is 0.00644. The molecule has 1 aromatic carbocycles. The number of hydrogen-bond acceptors (Lipinski definition) is 3. The number of rotatable bonds is 3. The minimum atomic E-state index is -0.971. The molecular weight excluding hydrogens is 217 g/mol. The number of benzene rings is 1. The Labute approximate surface area is 84.2 Å². The first kappa shape index (κ1) is 10.1. The summed E-state index contributed by atoms with van der Waals surface area (Å²) >= 11 is 10.6. The normalized spacial score (nSPS) is 10.1. The number of alkyl halides is 2. The highest BCUT2D eigenvalue weighted by atomic mass is 35.5. The van der Waals surface area contributed by atoms with Crippen molar-refractivity contribution in [2.24, 2.45) is 0 Å². The van der Waals surface area contributed by atoms with Crippen molar-refractivity contribution in [3.8, 4) is 5.75 Å². The zero-order valence-corrected chi connectivity index (χ0v) is 7.83. The van der Waals surface area contributed by atoms with Crippen LogP contribution < -0.4 is 4.74 Å². The van der Waals surface area contributed by atoms with Gasteiger partial charge in [0.15, 0.2) is 0 Å². The quantitative estimate of drug-likeness (QED) is 0.448. The number of nitro groups is 1. The summed E-state index contributed by atoms with van der Waals surface area (Å²) in [7, 11) is 0. The summed E-state index contributed by atoms with van der Waals surface area (Å²) in [5, 5.41) is 9.28. The van der Waals surface area contributed by atoms with Gasteiger partial charge in [-0.25, -0.2) is 0 Å². The number of nitro benzene ring substituents is 1. The molecule has 0 N–H and O–H groups in total. The molecule has 0 aliphatic rings. The van der Waals surface area contributed by atoms with Crippen molar-refractivity contribution in [3.05, 3.63) is 34.4 Å². The van der Waals surface area contributed by atoms with E-state index in [0.29, 0.717) is 5.75 Å². The second-order valence-electron chi connectivity index (χ2n) is 2.13. The van der Waals surface area contributed by atoms with Crippen LogP contribution in [0.2, 0.25) is 0 Å². The summed E-state index contributed by atoms with van der Waals surface area (Å²) in [6, 6.07) is 5.47. The van der Waals surface area contributed by atoms with Crippen molar-refractivity contribution in [1.82, 2.24) is 0 Å². The lowest BCUT2D eigenvalue weighted by Crippen LogP contribution is -1.98. The fourth-order valence-electron chi connectivity index (χ4n) is 0.749. The van der Waals surface area contributed by atoms with E-state index in [0.717, 1.165) is 0 Å². The van der Waals surface area contributed by atoms with Gasteiger partial charge in [0.2, 0.25) is 5.02 Å². The lowest BCUT2D eigenvalue weighted by atomic mass is 10.3. The molecule has 0 amide bonds. The summed E-state index contributed by atoms with van der Waals surface area (Å²) in [6.07, 6.45) is 0. The van der Waals surface area contributed by atoms with Crippen LogP contribution in [0.1, 0.15) is 0 Å². The van der Waals surface area contributed by atoms with Crippen LogP contribution in [0.25, 0.3) is 0 Å². The monoisotopic (exact) mass is 221 g/mol. The Morgan fingerprint density at radius 2 is 1.85 bits per heavy atom. The Hall–Kier alpha value is -1.00. The van der Waals surface area contributed by atoms with Crippen molar-refractivity contribution in [3.63, 3.8) is 0 Å². The third-order valence-corrected chi connectivity index (χ3v) is 1.45. The van der Waals surface area contributed by atoms with E-state index in [1.165, 1.54) is 24.3 Å². The smallest absolute Gasteiger partial charge is 0.269 e. The predicted octanol–water partition coefficient (Wildman–Crippen LogP) is 2.73. The van der Waals surface area contributed by atoms with Crippen LogP contribution in [0.3, 0.4) is 0 Å². The van der Waals surface area contributed by atoms with Crippen LogP contribution in [0.4, 0.5) is 5.69 Å². The van der Waals surface area contributed by atoms with Gasteiger partial charge in [-0.15, -0.1) is 0 Å². The van der Waals surface area contributed by atoms with Crippen molar-refractivity contribution in [1.29, 1.82) is 0 Å². The number of halogens is 2. The molecule has 0 heterocycles. The number of hydrogen-bond donors (Lipinski definition) is 0. The molecular formula is C7H5Cl2NO3. The fourth-order valence-corrected chi connectivity index (χ4v) is 0.955. The van der Waals surface area contributed by atoms with Crippen molar-refractivity contribution in [2.45, 2.75) is 5.02 Å². The topological polar surface area (TPSA) is 52.4 Å². The molecule has 0 aliphatic carbocycles. The molecule has 0 atom stereocenters. The lowest BCUT2D eigenvalue weighted by Gasteiger charge is -2.04. The van der Waals surface area contributed by atoms with Crippen LogP contribution in [-0.4, -0.2) is 9.95 Å². The van der Waals surface area contributed by atoms with Gasteiger partial charge in [0.25, 0.3) is 5.69 Å². The third kappa shape index (κ3) is 3.08. The summed E-state index contributed by atoms with van der Waals surface area (Å²) < 4.78 is 4.86. The summed E-state index contributed by atoms with van der Waals surface area (Å²) in [5.41, 5.74) is -0.00644. The lowest BCUT2D eigenvalue weighted by molar-refractivity contribution is -0.384. The van der Waals surface area contributed by atoms with Gasteiger partial charge in [-0.2, -0.15) is 0 Å². The first-order valence-corrected chi connectivity index (χ1v) is 4.16. The number of non-ortho nitro benzene ring substituents is 1. The maximum atomic E-state index is 10.2. The SMILES string of the molecule is O=[N+]([O-])c1ccc(OC(Cl)Cl)cc1. The van der Waals surface area contributed by atoms with Gasteiger partial charge in [-0.1, -0.05) is 23.2 Å². The average molecular weight is 222 g/mol. The minimum Gasteiger partial charge on any atom is -0.461 e. The molecule has 0 saturated heterocycles. The highest BCUT2D eigenvalue weighted by Gasteiger charge is 2.05. The summed E-state index contributed by atoms with van der Waals surface area (Å²) in [5.74, 6) is 0.389. The van der Waals surface area contributed by atoms with Crippen LogP contribution >= 0.6 is 23.2 Å². The van der Waals surface area contributed by atoms with E-state index in [2.05, 4.69) is 0 Å². The van der Waals surface area contributed by atoms with E-state index in [9.17, 15) is 10.1 Å². The van der Waals surface area contributed by atoms with E-state index >= 15 is 0 Å². The van der Waals surface area contributed by atoms with E-state index in [1.54, 1.807) is 0 Å². The molecule has 0 aliphatic heterocycles. The third-order valence-electron chi connectivity index (χ3n) is 1.27. The van der Waals surface area contributed by atoms with Gasteiger partial charge >= 0.3 is 0 Å². The van der Waals surface area contributed by atoms with E-state index in [-0.39, 0.29) is 5.69 Å².